The lowest BCUT2D eigenvalue weighted by molar-refractivity contribution is 0.944. The normalized spacial score (nSPS) is 9.67. The number of rotatable bonds is 0. The number of hydrogen-bond acceptors (Lipinski definition) is 5. The molecule has 5 heteroatoms. The molecule has 144 valence electrons. The zero-order valence-corrected chi connectivity index (χ0v) is 18.0. The van der Waals surface area contributed by atoms with Gasteiger partial charge >= 0.3 is 0 Å². The largest absolute Gasteiger partial charge is 0.261 e. The van der Waals surface area contributed by atoms with Gasteiger partial charge in [0.2, 0.25) is 0 Å². The van der Waals surface area contributed by atoms with E-state index in [0.29, 0.717) is 0 Å². The lowest BCUT2D eigenvalue weighted by atomic mass is 10.1. The Balaban J connectivity index is 0.000000202. The third-order valence-corrected chi connectivity index (χ3v) is 4.91. The van der Waals surface area contributed by atoms with Crippen LogP contribution < -0.4 is 0 Å². The molecule has 3 aromatic heterocycles. The van der Waals surface area contributed by atoms with Crippen molar-refractivity contribution in [2.24, 2.45) is 0 Å². The van der Waals surface area contributed by atoms with Crippen molar-refractivity contribution in [3.63, 3.8) is 0 Å². The molecule has 0 atom stereocenters. The Labute approximate surface area is 163 Å². The summed E-state index contributed by atoms with van der Waals surface area (Å²) in [6.45, 7) is 18.3. The molecule has 3 rings (SSSR count). The molecule has 0 bridgehead atoms. The molecule has 27 heavy (non-hydrogen) atoms. The molecule has 0 aromatic carbocycles. The van der Waals surface area contributed by atoms with Gasteiger partial charge in [0.1, 0.15) is 6.33 Å². The molecule has 0 fully saturated rings. The maximum atomic E-state index is 4.14. The van der Waals surface area contributed by atoms with Crippen molar-refractivity contribution in [1.29, 1.82) is 0 Å². The minimum Gasteiger partial charge on any atom is -0.261 e. The summed E-state index contributed by atoms with van der Waals surface area (Å²) in [5, 5.41) is 7.68. The smallest absolute Gasteiger partial charge is 0.115 e. The van der Waals surface area contributed by atoms with Gasteiger partial charge in [0.25, 0.3) is 0 Å². The average molecular weight is 366 g/mol. The fourth-order valence-corrected chi connectivity index (χ4v) is 2.08. The lowest BCUT2D eigenvalue weighted by Crippen LogP contribution is -1.92. The van der Waals surface area contributed by atoms with Crippen LogP contribution in [0.25, 0.3) is 0 Å². The molecule has 0 aliphatic rings. The van der Waals surface area contributed by atoms with E-state index in [4.69, 9.17) is 0 Å². The monoisotopic (exact) mass is 365 g/mol. The summed E-state index contributed by atoms with van der Waals surface area (Å²) in [5.74, 6) is 0. The molecule has 3 aromatic rings. The molecular weight excluding hydrogens is 334 g/mol. The molecule has 0 saturated heterocycles. The van der Waals surface area contributed by atoms with Crippen LogP contribution in [0.1, 0.15) is 50.6 Å². The van der Waals surface area contributed by atoms with Crippen LogP contribution in [-0.4, -0.2) is 25.1 Å². The van der Waals surface area contributed by atoms with E-state index in [0.717, 1.165) is 22.8 Å². The predicted molar refractivity (Wildman–Crippen MR) is 111 cm³/mol. The van der Waals surface area contributed by atoms with Gasteiger partial charge in [0.05, 0.1) is 11.9 Å². The molecule has 0 spiro atoms. The molecule has 3 heterocycles. The first kappa shape index (κ1) is 22.4. The summed E-state index contributed by atoms with van der Waals surface area (Å²) >= 11 is 0. The van der Waals surface area contributed by atoms with Crippen LogP contribution in [0.4, 0.5) is 0 Å². The van der Waals surface area contributed by atoms with Gasteiger partial charge in [0, 0.05) is 23.3 Å². The Morgan fingerprint density at radius 3 is 1.48 bits per heavy atom. The van der Waals surface area contributed by atoms with E-state index in [2.05, 4.69) is 45.9 Å². The SMILES string of the molecule is Cc1ccnc(C)c1C.Cc1cnnc(C)c1C.Cc1ncnc(C)c1C. The lowest BCUT2D eigenvalue weighted by Gasteiger charge is -1.99. The highest BCUT2D eigenvalue weighted by atomic mass is 15.1. The minimum absolute atomic E-state index is 1.02. The summed E-state index contributed by atoms with van der Waals surface area (Å²) in [7, 11) is 0. The molecule has 0 radical (unpaired) electrons. The Morgan fingerprint density at radius 1 is 0.556 bits per heavy atom. The molecule has 0 amide bonds. The number of aryl methyl sites for hydroxylation is 6. The molecule has 0 aliphatic heterocycles. The Morgan fingerprint density at radius 2 is 1.07 bits per heavy atom. The van der Waals surface area contributed by atoms with Crippen molar-refractivity contribution in [2.45, 2.75) is 62.3 Å². The fraction of sp³-hybridized carbons (Fsp3) is 0.409. The first-order chi connectivity index (χ1) is 12.6. The maximum Gasteiger partial charge on any atom is 0.115 e. The van der Waals surface area contributed by atoms with Crippen molar-refractivity contribution in [1.82, 2.24) is 25.1 Å². The highest BCUT2D eigenvalue weighted by Crippen LogP contribution is 2.07. The second kappa shape index (κ2) is 10.5. The Kier molecular flexibility index (Phi) is 8.66. The van der Waals surface area contributed by atoms with Gasteiger partial charge in [-0.05, 0) is 96.2 Å². The van der Waals surface area contributed by atoms with Gasteiger partial charge in [-0.3, -0.25) is 4.98 Å². The van der Waals surface area contributed by atoms with Crippen LogP contribution in [0, 0.1) is 62.3 Å². The van der Waals surface area contributed by atoms with Crippen LogP contribution in [0.5, 0.6) is 0 Å². The zero-order chi connectivity index (χ0) is 20.6. The van der Waals surface area contributed by atoms with Crippen molar-refractivity contribution >= 4 is 0 Å². The maximum absolute atomic E-state index is 4.14. The van der Waals surface area contributed by atoms with Crippen molar-refractivity contribution < 1.29 is 0 Å². The van der Waals surface area contributed by atoms with Gasteiger partial charge in [-0.25, -0.2) is 9.97 Å². The van der Waals surface area contributed by atoms with E-state index >= 15 is 0 Å². The van der Waals surface area contributed by atoms with E-state index in [-0.39, 0.29) is 0 Å². The highest BCUT2D eigenvalue weighted by Gasteiger charge is 1.96. The Bertz CT molecular complexity index is 709. The van der Waals surface area contributed by atoms with Gasteiger partial charge in [-0.1, -0.05) is 0 Å². The molecule has 0 saturated carbocycles. The molecular formula is C22H31N5. The van der Waals surface area contributed by atoms with Crippen molar-refractivity contribution in [3.8, 4) is 0 Å². The van der Waals surface area contributed by atoms with E-state index < -0.39 is 0 Å². The first-order valence-corrected chi connectivity index (χ1v) is 9.04. The fourth-order valence-electron chi connectivity index (χ4n) is 2.08. The van der Waals surface area contributed by atoms with E-state index in [1.807, 2.05) is 53.8 Å². The van der Waals surface area contributed by atoms with Gasteiger partial charge < -0.3 is 0 Å². The van der Waals surface area contributed by atoms with Crippen LogP contribution >= 0.6 is 0 Å². The summed E-state index contributed by atoms with van der Waals surface area (Å²) in [6.07, 6.45) is 5.22. The van der Waals surface area contributed by atoms with Crippen molar-refractivity contribution in [3.05, 3.63) is 75.4 Å². The second-order valence-corrected chi connectivity index (χ2v) is 6.75. The standard InChI is InChI=1S/C8H11N.2C7H10N2/c1-6-4-5-9-8(3)7(6)2;1-5-6(2)8-4-9-7(5)3;1-5-4-8-9-7(3)6(5)2/h4-5H,1-3H3;2*4H,1-3H3. The number of aromatic nitrogens is 5. The average Bonchev–Trinajstić information content (AvgIpc) is 2.63. The second-order valence-electron chi connectivity index (χ2n) is 6.75. The molecule has 0 N–H and O–H groups in total. The minimum atomic E-state index is 1.02. The number of nitrogens with zero attached hydrogens (tertiary/aromatic N) is 5. The quantitative estimate of drug-likeness (QED) is 0.572. The van der Waals surface area contributed by atoms with Crippen LogP contribution in [0.3, 0.4) is 0 Å². The van der Waals surface area contributed by atoms with E-state index in [1.54, 1.807) is 12.5 Å². The third-order valence-electron chi connectivity index (χ3n) is 4.91. The van der Waals surface area contributed by atoms with Gasteiger partial charge in [-0.2, -0.15) is 10.2 Å². The molecule has 0 aliphatic carbocycles. The summed E-state index contributed by atoms with van der Waals surface area (Å²) in [4.78, 5) is 12.2. The molecule has 0 unspecified atom stereocenters. The predicted octanol–water partition coefficient (Wildman–Crippen LogP) is 4.81. The number of pyridine rings is 1. The van der Waals surface area contributed by atoms with Crippen molar-refractivity contribution in [2.75, 3.05) is 0 Å². The number of hydrogen-bond donors (Lipinski definition) is 0. The zero-order valence-electron chi connectivity index (χ0n) is 18.0. The highest BCUT2D eigenvalue weighted by molar-refractivity contribution is 5.26. The summed E-state index contributed by atoms with van der Waals surface area (Å²) < 4.78 is 0. The van der Waals surface area contributed by atoms with E-state index in [1.165, 1.54) is 27.8 Å². The van der Waals surface area contributed by atoms with Gasteiger partial charge in [0.15, 0.2) is 0 Å². The molecule has 5 nitrogen and oxygen atoms in total. The van der Waals surface area contributed by atoms with Crippen LogP contribution in [0.2, 0.25) is 0 Å². The summed E-state index contributed by atoms with van der Waals surface area (Å²) in [6, 6.07) is 2.03. The topological polar surface area (TPSA) is 64.5 Å². The van der Waals surface area contributed by atoms with Gasteiger partial charge in [-0.15, -0.1) is 0 Å². The summed E-state index contributed by atoms with van der Waals surface area (Å²) in [5.41, 5.74) is 10.6. The van der Waals surface area contributed by atoms with Crippen LogP contribution in [-0.2, 0) is 0 Å². The Hall–Kier alpha value is -2.69. The van der Waals surface area contributed by atoms with E-state index in [9.17, 15) is 0 Å². The first-order valence-electron chi connectivity index (χ1n) is 9.04. The van der Waals surface area contributed by atoms with Crippen LogP contribution in [0.15, 0.2) is 24.8 Å². The third kappa shape index (κ3) is 6.85.